The van der Waals surface area contributed by atoms with Gasteiger partial charge in [0.15, 0.2) is 0 Å². The molecule has 32 heavy (non-hydrogen) atoms. The van der Waals surface area contributed by atoms with E-state index in [0.717, 1.165) is 29.7 Å². The SMILES string of the molecule is O=C(CCC(=O)N1CCc2sccc2[C@@H]1c1ccccc1)N1CCC(c2ccccc2)=N1. The highest BCUT2D eigenvalue weighted by atomic mass is 32.1. The van der Waals surface area contributed by atoms with Crippen LogP contribution in [0.3, 0.4) is 0 Å². The van der Waals surface area contributed by atoms with Crippen molar-refractivity contribution in [3.05, 3.63) is 93.7 Å². The van der Waals surface area contributed by atoms with Gasteiger partial charge in [-0.2, -0.15) is 5.10 Å². The third-order valence-electron chi connectivity index (χ3n) is 6.15. The van der Waals surface area contributed by atoms with E-state index < -0.39 is 0 Å². The van der Waals surface area contributed by atoms with Gasteiger partial charge in [-0.25, -0.2) is 5.01 Å². The molecule has 1 atom stereocenters. The summed E-state index contributed by atoms with van der Waals surface area (Å²) in [5, 5.41) is 8.14. The van der Waals surface area contributed by atoms with Crippen molar-refractivity contribution < 1.29 is 9.59 Å². The minimum absolute atomic E-state index is 0.0236. The van der Waals surface area contributed by atoms with Crippen molar-refractivity contribution in [3.63, 3.8) is 0 Å². The Kier molecular flexibility index (Phi) is 5.86. The highest BCUT2D eigenvalue weighted by Crippen LogP contribution is 2.38. The topological polar surface area (TPSA) is 53.0 Å². The number of amides is 2. The minimum Gasteiger partial charge on any atom is -0.331 e. The number of benzene rings is 2. The van der Waals surface area contributed by atoms with Crippen molar-refractivity contribution in [2.45, 2.75) is 31.7 Å². The molecule has 0 radical (unpaired) electrons. The molecule has 3 aromatic rings. The fraction of sp³-hybridized carbons (Fsp3) is 0.269. The van der Waals surface area contributed by atoms with Gasteiger partial charge in [-0.05, 0) is 34.6 Å². The van der Waals surface area contributed by atoms with Crippen molar-refractivity contribution in [1.29, 1.82) is 0 Å². The van der Waals surface area contributed by atoms with Gasteiger partial charge >= 0.3 is 0 Å². The molecule has 6 heteroatoms. The van der Waals surface area contributed by atoms with Crippen LogP contribution >= 0.6 is 11.3 Å². The fourth-order valence-electron chi connectivity index (χ4n) is 4.54. The first-order valence-electron chi connectivity index (χ1n) is 11.0. The molecule has 3 heterocycles. The number of hydrogen-bond acceptors (Lipinski definition) is 4. The Morgan fingerprint density at radius 2 is 1.59 bits per heavy atom. The summed E-state index contributed by atoms with van der Waals surface area (Å²) in [5.41, 5.74) is 4.30. The summed E-state index contributed by atoms with van der Waals surface area (Å²) in [6.07, 6.45) is 1.99. The summed E-state index contributed by atoms with van der Waals surface area (Å²) in [6.45, 7) is 1.26. The summed E-state index contributed by atoms with van der Waals surface area (Å²) in [7, 11) is 0. The zero-order valence-corrected chi connectivity index (χ0v) is 18.6. The fourth-order valence-corrected chi connectivity index (χ4v) is 5.44. The molecule has 5 nitrogen and oxygen atoms in total. The second kappa shape index (κ2) is 9.09. The molecule has 2 aromatic carbocycles. The molecular formula is C26H25N3O2S. The number of hydrogen-bond donors (Lipinski definition) is 0. The number of nitrogens with zero attached hydrogens (tertiary/aromatic N) is 3. The third kappa shape index (κ3) is 4.10. The number of hydrazone groups is 1. The number of rotatable bonds is 5. The standard InChI is InChI=1S/C26H25N3O2S/c30-24(11-12-25(31)29-17-13-22(27-29)19-7-3-1-4-8-19)28-16-14-23-21(15-18-32-23)26(28)20-9-5-2-6-10-20/h1-10,15,18,26H,11-14,16-17H2/t26-/m0/s1. The van der Waals surface area contributed by atoms with Gasteiger partial charge in [0.2, 0.25) is 11.8 Å². The van der Waals surface area contributed by atoms with Crippen LogP contribution < -0.4 is 0 Å². The molecule has 0 fully saturated rings. The van der Waals surface area contributed by atoms with Crippen LogP contribution in [-0.4, -0.2) is 40.5 Å². The van der Waals surface area contributed by atoms with E-state index in [1.807, 2.05) is 53.4 Å². The quantitative estimate of drug-likeness (QED) is 0.577. The minimum atomic E-state index is -0.0891. The van der Waals surface area contributed by atoms with Gasteiger partial charge in [0, 0.05) is 30.7 Å². The number of carbonyl (C=O) groups excluding carboxylic acids is 2. The molecule has 2 amide bonds. The molecule has 1 aromatic heterocycles. The summed E-state index contributed by atoms with van der Waals surface area (Å²) in [6, 6.07) is 22.2. The molecule has 0 spiro atoms. The second-order valence-electron chi connectivity index (χ2n) is 8.13. The summed E-state index contributed by atoms with van der Waals surface area (Å²) in [4.78, 5) is 29.3. The first-order valence-corrected chi connectivity index (χ1v) is 11.9. The van der Waals surface area contributed by atoms with E-state index in [4.69, 9.17) is 0 Å². The second-order valence-corrected chi connectivity index (χ2v) is 9.13. The van der Waals surface area contributed by atoms with Gasteiger partial charge in [-0.3, -0.25) is 9.59 Å². The van der Waals surface area contributed by atoms with E-state index in [1.54, 1.807) is 11.3 Å². The van der Waals surface area contributed by atoms with Crippen molar-refractivity contribution in [2.75, 3.05) is 13.1 Å². The third-order valence-corrected chi connectivity index (χ3v) is 7.15. The van der Waals surface area contributed by atoms with Crippen LogP contribution in [-0.2, 0) is 16.0 Å². The first-order chi connectivity index (χ1) is 15.7. The molecular weight excluding hydrogens is 418 g/mol. The van der Waals surface area contributed by atoms with Crippen LogP contribution in [0.5, 0.6) is 0 Å². The molecule has 0 saturated heterocycles. The maximum absolute atomic E-state index is 13.2. The lowest BCUT2D eigenvalue weighted by atomic mass is 9.93. The average molecular weight is 444 g/mol. The van der Waals surface area contributed by atoms with Gasteiger partial charge in [0.05, 0.1) is 18.3 Å². The molecule has 0 unspecified atom stereocenters. The molecule has 0 saturated carbocycles. The van der Waals surface area contributed by atoms with Gasteiger partial charge in [0.1, 0.15) is 0 Å². The molecule has 2 aliphatic rings. The Morgan fingerprint density at radius 1 is 0.875 bits per heavy atom. The Labute approximate surface area is 192 Å². The van der Waals surface area contributed by atoms with Crippen molar-refractivity contribution in [3.8, 4) is 0 Å². The van der Waals surface area contributed by atoms with Crippen molar-refractivity contribution >= 4 is 28.9 Å². The van der Waals surface area contributed by atoms with Crippen LogP contribution in [0.4, 0.5) is 0 Å². The van der Waals surface area contributed by atoms with Crippen LogP contribution in [0.2, 0.25) is 0 Å². The van der Waals surface area contributed by atoms with Crippen LogP contribution in [0, 0.1) is 0 Å². The molecule has 0 aliphatic carbocycles. The number of thiophene rings is 1. The lowest BCUT2D eigenvalue weighted by Gasteiger charge is -2.36. The molecule has 5 rings (SSSR count). The van der Waals surface area contributed by atoms with Crippen LogP contribution in [0.1, 0.15) is 46.9 Å². The van der Waals surface area contributed by atoms with E-state index in [2.05, 4.69) is 28.7 Å². The average Bonchev–Trinajstić information content (AvgIpc) is 3.53. The maximum Gasteiger partial charge on any atom is 0.243 e. The molecule has 0 N–H and O–H groups in total. The van der Waals surface area contributed by atoms with E-state index in [1.165, 1.54) is 15.4 Å². The maximum atomic E-state index is 13.2. The smallest absolute Gasteiger partial charge is 0.243 e. The van der Waals surface area contributed by atoms with Crippen molar-refractivity contribution in [1.82, 2.24) is 9.91 Å². The van der Waals surface area contributed by atoms with Gasteiger partial charge in [-0.1, -0.05) is 60.7 Å². The van der Waals surface area contributed by atoms with Crippen LogP contribution in [0.15, 0.2) is 77.2 Å². The Morgan fingerprint density at radius 3 is 2.38 bits per heavy atom. The highest BCUT2D eigenvalue weighted by Gasteiger charge is 2.33. The van der Waals surface area contributed by atoms with Crippen molar-refractivity contribution in [2.24, 2.45) is 5.10 Å². The van der Waals surface area contributed by atoms with Gasteiger partial charge < -0.3 is 4.90 Å². The summed E-state index contributed by atoms with van der Waals surface area (Å²) < 4.78 is 0. The largest absolute Gasteiger partial charge is 0.331 e. The van der Waals surface area contributed by atoms with Gasteiger partial charge in [0.25, 0.3) is 0 Å². The summed E-state index contributed by atoms with van der Waals surface area (Å²) in [5.74, 6) is -0.0655. The van der Waals surface area contributed by atoms with E-state index >= 15 is 0 Å². The first kappa shape index (κ1) is 20.6. The zero-order valence-electron chi connectivity index (χ0n) is 17.8. The molecule has 2 aliphatic heterocycles. The Bertz CT molecular complexity index is 1140. The van der Waals surface area contributed by atoms with E-state index in [0.29, 0.717) is 13.1 Å². The van der Waals surface area contributed by atoms with E-state index in [-0.39, 0.29) is 30.7 Å². The molecule has 0 bridgehead atoms. The Hall–Kier alpha value is -3.25. The summed E-state index contributed by atoms with van der Waals surface area (Å²) >= 11 is 1.76. The number of carbonyl (C=O) groups is 2. The number of fused-ring (bicyclic) bond motifs is 1. The van der Waals surface area contributed by atoms with Gasteiger partial charge in [-0.15, -0.1) is 11.3 Å². The molecule has 162 valence electrons. The predicted molar refractivity (Wildman–Crippen MR) is 127 cm³/mol. The normalized spacial score (nSPS) is 17.8. The van der Waals surface area contributed by atoms with E-state index in [9.17, 15) is 9.59 Å². The zero-order chi connectivity index (χ0) is 21.9. The Balaban J connectivity index is 1.27. The van der Waals surface area contributed by atoms with Crippen LogP contribution in [0.25, 0.3) is 0 Å². The predicted octanol–water partition coefficient (Wildman–Crippen LogP) is 4.64. The lowest BCUT2D eigenvalue weighted by molar-refractivity contribution is -0.138. The monoisotopic (exact) mass is 443 g/mol. The lowest BCUT2D eigenvalue weighted by Crippen LogP contribution is -2.40. The highest BCUT2D eigenvalue weighted by molar-refractivity contribution is 7.10.